The fraction of sp³-hybridized carbons (Fsp3) is 0.278. The zero-order valence-electron chi connectivity index (χ0n) is 14.4. The number of amides is 1. The van der Waals surface area contributed by atoms with Gasteiger partial charge in [-0.2, -0.15) is 0 Å². The van der Waals surface area contributed by atoms with Gasteiger partial charge in [-0.3, -0.25) is 9.59 Å². The molecular weight excluding hydrogens is 324 g/mol. The first kappa shape index (κ1) is 18.3. The average Bonchev–Trinajstić information content (AvgIpc) is 2.97. The lowest BCUT2D eigenvalue weighted by Crippen LogP contribution is -2.21. The van der Waals surface area contributed by atoms with Gasteiger partial charge in [0, 0.05) is 24.5 Å². The van der Waals surface area contributed by atoms with Gasteiger partial charge in [-0.25, -0.2) is 4.79 Å². The van der Waals surface area contributed by atoms with Gasteiger partial charge in [-0.1, -0.05) is 0 Å². The van der Waals surface area contributed by atoms with Gasteiger partial charge < -0.3 is 19.4 Å². The first-order chi connectivity index (χ1) is 11.9. The van der Waals surface area contributed by atoms with E-state index < -0.39 is 18.5 Å². The van der Waals surface area contributed by atoms with Crippen LogP contribution in [0.25, 0.3) is 0 Å². The SMILES string of the molecule is CCOc1ccc(NC(=O)COC(=O)c2cc(C(C)=O)cn2C)cc1. The van der Waals surface area contributed by atoms with Crippen molar-refractivity contribution in [3.05, 3.63) is 47.8 Å². The first-order valence-corrected chi connectivity index (χ1v) is 7.78. The number of rotatable bonds is 7. The van der Waals surface area contributed by atoms with Crippen LogP contribution in [0.2, 0.25) is 0 Å². The van der Waals surface area contributed by atoms with Crippen LogP contribution in [0.4, 0.5) is 5.69 Å². The molecule has 2 rings (SSSR count). The Hall–Kier alpha value is -3.09. The number of ether oxygens (including phenoxy) is 2. The molecule has 7 nitrogen and oxygen atoms in total. The highest BCUT2D eigenvalue weighted by atomic mass is 16.5. The molecule has 0 bridgehead atoms. The van der Waals surface area contributed by atoms with E-state index >= 15 is 0 Å². The highest BCUT2D eigenvalue weighted by Gasteiger charge is 2.16. The van der Waals surface area contributed by atoms with E-state index in [0.717, 1.165) is 0 Å². The standard InChI is InChI=1S/C18H20N2O5/c1-4-24-15-7-5-14(6-8-15)19-17(22)11-25-18(23)16-9-13(12(2)21)10-20(16)3/h5-10H,4,11H2,1-3H3,(H,19,22). The van der Waals surface area contributed by atoms with Crippen molar-refractivity contribution in [3.8, 4) is 5.75 Å². The summed E-state index contributed by atoms with van der Waals surface area (Å²) in [5.41, 5.74) is 1.19. The molecule has 0 fully saturated rings. The number of aromatic nitrogens is 1. The number of nitrogens with zero attached hydrogens (tertiary/aromatic N) is 1. The van der Waals surface area contributed by atoms with Gasteiger partial charge in [0.2, 0.25) is 0 Å². The molecule has 0 saturated heterocycles. The maximum absolute atomic E-state index is 12.0. The third-order valence-corrected chi connectivity index (χ3v) is 3.40. The van der Waals surface area contributed by atoms with E-state index in [2.05, 4.69) is 5.32 Å². The number of aryl methyl sites for hydroxylation is 1. The molecule has 1 N–H and O–H groups in total. The van der Waals surface area contributed by atoms with Crippen molar-refractivity contribution in [2.24, 2.45) is 7.05 Å². The molecule has 132 valence electrons. The normalized spacial score (nSPS) is 10.2. The molecule has 25 heavy (non-hydrogen) atoms. The summed E-state index contributed by atoms with van der Waals surface area (Å²) < 4.78 is 11.8. The molecule has 0 aliphatic rings. The van der Waals surface area contributed by atoms with E-state index in [1.807, 2.05) is 6.92 Å². The second-order valence-electron chi connectivity index (χ2n) is 5.36. The Morgan fingerprint density at radius 2 is 1.84 bits per heavy atom. The molecule has 0 aliphatic carbocycles. The maximum Gasteiger partial charge on any atom is 0.355 e. The summed E-state index contributed by atoms with van der Waals surface area (Å²) in [7, 11) is 1.63. The minimum Gasteiger partial charge on any atom is -0.494 e. The number of anilines is 1. The Kier molecular flexibility index (Phi) is 5.94. The molecule has 0 unspecified atom stereocenters. The van der Waals surface area contributed by atoms with Crippen LogP contribution < -0.4 is 10.1 Å². The van der Waals surface area contributed by atoms with Crippen LogP contribution in [0, 0.1) is 0 Å². The van der Waals surface area contributed by atoms with Gasteiger partial charge in [0.1, 0.15) is 11.4 Å². The number of carbonyl (C=O) groups is 3. The van der Waals surface area contributed by atoms with Crippen LogP contribution >= 0.6 is 0 Å². The van der Waals surface area contributed by atoms with E-state index in [9.17, 15) is 14.4 Å². The summed E-state index contributed by atoms with van der Waals surface area (Å²) in [4.78, 5) is 35.2. The molecule has 1 heterocycles. The van der Waals surface area contributed by atoms with Gasteiger partial charge in [-0.15, -0.1) is 0 Å². The summed E-state index contributed by atoms with van der Waals surface area (Å²) in [6.07, 6.45) is 1.54. The van der Waals surface area contributed by atoms with Crippen molar-refractivity contribution in [2.75, 3.05) is 18.5 Å². The smallest absolute Gasteiger partial charge is 0.355 e. The lowest BCUT2D eigenvalue weighted by molar-refractivity contribution is -0.119. The number of carbonyl (C=O) groups excluding carboxylic acids is 3. The molecule has 0 saturated carbocycles. The lowest BCUT2D eigenvalue weighted by Gasteiger charge is -2.08. The predicted molar refractivity (Wildman–Crippen MR) is 91.9 cm³/mol. The summed E-state index contributed by atoms with van der Waals surface area (Å²) in [5, 5.41) is 2.62. The van der Waals surface area contributed by atoms with Crippen LogP contribution in [-0.2, 0) is 16.6 Å². The van der Waals surface area contributed by atoms with Crippen LogP contribution in [0.5, 0.6) is 5.75 Å². The number of Topliss-reactive ketones (excluding diaryl/α,β-unsaturated/α-hetero) is 1. The topological polar surface area (TPSA) is 86.6 Å². The Morgan fingerprint density at radius 1 is 1.16 bits per heavy atom. The predicted octanol–water partition coefficient (Wildman–Crippen LogP) is 2.42. The molecule has 1 aromatic carbocycles. The number of hydrogen-bond acceptors (Lipinski definition) is 5. The van der Waals surface area contributed by atoms with Crippen LogP contribution in [0.3, 0.4) is 0 Å². The van der Waals surface area contributed by atoms with E-state index in [4.69, 9.17) is 9.47 Å². The van der Waals surface area contributed by atoms with E-state index in [0.29, 0.717) is 23.6 Å². The highest BCUT2D eigenvalue weighted by Crippen LogP contribution is 2.15. The van der Waals surface area contributed by atoms with Crippen molar-refractivity contribution in [1.29, 1.82) is 0 Å². The molecule has 2 aromatic rings. The number of esters is 1. The second-order valence-corrected chi connectivity index (χ2v) is 5.36. The molecular formula is C18H20N2O5. The van der Waals surface area contributed by atoms with Gasteiger partial charge in [0.05, 0.1) is 6.61 Å². The Bertz CT molecular complexity index is 777. The fourth-order valence-electron chi connectivity index (χ4n) is 2.16. The summed E-state index contributed by atoms with van der Waals surface area (Å²) in [5.74, 6) is -0.574. The van der Waals surface area contributed by atoms with E-state index in [1.54, 1.807) is 37.5 Å². The average molecular weight is 344 g/mol. The zero-order chi connectivity index (χ0) is 18.4. The monoisotopic (exact) mass is 344 g/mol. The number of nitrogens with one attached hydrogen (secondary N) is 1. The zero-order valence-corrected chi connectivity index (χ0v) is 14.4. The third-order valence-electron chi connectivity index (χ3n) is 3.40. The largest absolute Gasteiger partial charge is 0.494 e. The lowest BCUT2D eigenvalue weighted by atomic mass is 10.2. The second kappa shape index (κ2) is 8.14. The molecule has 0 aliphatic heterocycles. The summed E-state index contributed by atoms with van der Waals surface area (Å²) in [6.45, 7) is 3.43. The quantitative estimate of drug-likeness (QED) is 0.616. The maximum atomic E-state index is 12.0. The van der Waals surface area contributed by atoms with Gasteiger partial charge in [-0.05, 0) is 44.2 Å². The minimum absolute atomic E-state index is 0.150. The number of hydrogen-bond donors (Lipinski definition) is 1. The summed E-state index contributed by atoms with van der Waals surface area (Å²) in [6, 6.07) is 8.30. The highest BCUT2D eigenvalue weighted by molar-refractivity contribution is 5.98. The minimum atomic E-state index is -0.670. The van der Waals surface area contributed by atoms with Crippen molar-refractivity contribution < 1.29 is 23.9 Å². The number of benzene rings is 1. The first-order valence-electron chi connectivity index (χ1n) is 7.78. The molecule has 1 amide bonds. The van der Waals surface area contributed by atoms with Gasteiger partial charge in [0.25, 0.3) is 5.91 Å². The Morgan fingerprint density at radius 3 is 2.40 bits per heavy atom. The third kappa shape index (κ3) is 4.94. The molecule has 7 heteroatoms. The van der Waals surface area contributed by atoms with Crippen molar-refractivity contribution in [1.82, 2.24) is 4.57 Å². The molecule has 0 radical (unpaired) electrons. The summed E-state index contributed by atoms with van der Waals surface area (Å²) >= 11 is 0. The van der Waals surface area contributed by atoms with Crippen LogP contribution in [0.15, 0.2) is 36.5 Å². The van der Waals surface area contributed by atoms with Crippen LogP contribution in [-0.4, -0.2) is 35.4 Å². The van der Waals surface area contributed by atoms with E-state index in [-0.39, 0.29) is 11.5 Å². The van der Waals surface area contributed by atoms with Crippen molar-refractivity contribution >= 4 is 23.3 Å². The Balaban J connectivity index is 1.89. The molecule has 0 spiro atoms. The Labute approximate surface area is 145 Å². The fourth-order valence-corrected chi connectivity index (χ4v) is 2.16. The number of ketones is 1. The molecule has 1 aromatic heterocycles. The van der Waals surface area contributed by atoms with Crippen molar-refractivity contribution in [2.45, 2.75) is 13.8 Å². The van der Waals surface area contributed by atoms with Gasteiger partial charge >= 0.3 is 5.97 Å². The van der Waals surface area contributed by atoms with Crippen molar-refractivity contribution in [3.63, 3.8) is 0 Å². The van der Waals surface area contributed by atoms with Gasteiger partial charge in [0.15, 0.2) is 12.4 Å². The molecule has 0 atom stereocenters. The van der Waals surface area contributed by atoms with E-state index in [1.165, 1.54) is 17.6 Å². The van der Waals surface area contributed by atoms with Crippen LogP contribution in [0.1, 0.15) is 34.7 Å².